The first-order chi connectivity index (χ1) is 7.11. The zero-order valence-electron chi connectivity index (χ0n) is 8.53. The number of anilines is 1. The second-order valence-electron chi connectivity index (χ2n) is 3.11. The summed E-state index contributed by atoms with van der Waals surface area (Å²) in [5.41, 5.74) is 7.30. The molecule has 0 spiro atoms. The van der Waals surface area contributed by atoms with Crippen molar-refractivity contribution in [2.45, 2.75) is 0 Å². The fraction of sp³-hybridized carbons (Fsp3) is 0.300. The highest BCUT2D eigenvalue weighted by atomic mass is 32.2. The second kappa shape index (κ2) is 5.82. The Morgan fingerprint density at radius 3 is 2.80 bits per heavy atom. The molecule has 0 radical (unpaired) electrons. The van der Waals surface area contributed by atoms with Gasteiger partial charge in [0.05, 0.1) is 0 Å². The third kappa shape index (κ3) is 3.97. The zero-order valence-corrected chi connectivity index (χ0v) is 10.2. The lowest BCUT2D eigenvalue weighted by molar-refractivity contribution is 0.687. The standard InChI is InChI=1S/C10H14N2OS2/c1-15(13)7-6-12-9-5-3-2-4-8(9)10(11)14/h2-5,12H,6-7H2,1H3,(H2,11,14). The molecule has 1 rings (SSSR count). The van der Waals surface area contributed by atoms with Crippen molar-refractivity contribution in [1.29, 1.82) is 0 Å². The Labute approximate surface area is 97.5 Å². The number of thiocarbonyl (C=S) groups is 1. The molecule has 0 aliphatic heterocycles. The first kappa shape index (κ1) is 12.1. The largest absolute Gasteiger partial charge is 0.389 e. The molecular formula is C10H14N2OS2. The van der Waals surface area contributed by atoms with Gasteiger partial charge in [0.2, 0.25) is 0 Å². The maximum atomic E-state index is 10.9. The Morgan fingerprint density at radius 2 is 2.20 bits per heavy atom. The van der Waals surface area contributed by atoms with Gasteiger partial charge in [0.25, 0.3) is 0 Å². The Balaban J connectivity index is 2.67. The second-order valence-corrected chi connectivity index (χ2v) is 5.11. The molecule has 0 amide bonds. The van der Waals surface area contributed by atoms with E-state index in [0.717, 1.165) is 11.3 Å². The summed E-state index contributed by atoms with van der Waals surface area (Å²) in [6, 6.07) is 7.57. The van der Waals surface area contributed by atoms with Crippen LogP contribution in [0.15, 0.2) is 24.3 Å². The van der Waals surface area contributed by atoms with Crippen LogP contribution < -0.4 is 11.1 Å². The summed E-state index contributed by atoms with van der Waals surface area (Å²) in [5.74, 6) is 0.617. The van der Waals surface area contributed by atoms with Crippen LogP contribution in [0.3, 0.4) is 0 Å². The van der Waals surface area contributed by atoms with Crippen molar-refractivity contribution < 1.29 is 4.21 Å². The van der Waals surface area contributed by atoms with Gasteiger partial charge in [-0.15, -0.1) is 0 Å². The van der Waals surface area contributed by atoms with Gasteiger partial charge >= 0.3 is 0 Å². The summed E-state index contributed by atoms with van der Waals surface area (Å²) in [7, 11) is -0.783. The molecule has 0 fully saturated rings. The van der Waals surface area contributed by atoms with Crippen LogP contribution in [0.25, 0.3) is 0 Å². The highest BCUT2D eigenvalue weighted by molar-refractivity contribution is 7.84. The predicted molar refractivity (Wildman–Crippen MR) is 69.8 cm³/mol. The quantitative estimate of drug-likeness (QED) is 0.760. The molecular weight excluding hydrogens is 228 g/mol. The zero-order chi connectivity index (χ0) is 11.3. The number of hydrogen-bond donors (Lipinski definition) is 2. The van der Waals surface area contributed by atoms with E-state index >= 15 is 0 Å². The number of benzene rings is 1. The Morgan fingerprint density at radius 1 is 1.53 bits per heavy atom. The molecule has 0 aliphatic carbocycles. The van der Waals surface area contributed by atoms with Crippen molar-refractivity contribution in [3.8, 4) is 0 Å². The Kier molecular flexibility index (Phi) is 4.71. The van der Waals surface area contributed by atoms with Crippen LogP contribution in [0.4, 0.5) is 5.69 Å². The average molecular weight is 242 g/mol. The summed E-state index contributed by atoms with van der Waals surface area (Å²) < 4.78 is 10.9. The van der Waals surface area contributed by atoms with E-state index in [2.05, 4.69) is 5.32 Å². The molecule has 0 saturated heterocycles. The van der Waals surface area contributed by atoms with Gasteiger partial charge in [-0.2, -0.15) is 0 Å². The summed E-state index contributed by atoms with van der Waals surface area (Å²) in [6.07, 6.45) is 1.68. The van der Waals surface area contributed by atoms with Crippen molar-refractivity contribution in [2.24, 2.45) is 5.73 Å². The van der Waals surface area contributed by atoms with Crippen molar-refractivity contribution >= 4 is 33.7 Å². The van der Waals surface area contributed by atoms with Crippen LogP contribution in [0.2, 0.25) is 0 Å². The van der Waals surface area contributed by atoms with Crippen LogP contribution in [0.1, 0.15) is 5.56 Å². The summed E-state index contributed by atoms with van der Waals surface area (Å²) in [4.78, 5) is 0.371. The molecule has 15 heavy (non-hydrogen) atoms. The van der Waals surface area contributed by atoms with Gasteiger partial charge < -0.3 is 11.1 Å². The molecule has 1 atom stereocenters. The molecule has 5 heteroatoms. The first-order valence-corrected chi connectivity index (χ1v) is 6.67. The monoisotopic (exact) mass is 242 g/mol. The van der Waals surface area contributed by atoms with Gasteiger partial charge in [0.1, 0.15) is 4.99 Å². The lowest BCUT2D eigenvalue weighted by atomic mass is 10.2. The van der Waals surface area contributed by atoms with Crippen LogP contribution in [0.5, 0.6) is 0 Å². The smallest absolute Gasteiger partial charge is 0.106 e. The van der Waals surface area contributed by atoms with Crippen molar-refractivity contribution in [1.82, 2.24) is 0 Å². The molecule has 0 aliphatic rings. The molecule has 0 aromatic heterocycles. The fourth-order valence-corrected chi connectivity index (χ4v) is 1.75. The third-order valence-electron chi connectivity index (χ3n) is 1.90. The number of para-hydroxylation sites is 1. The normalized spacial score (nSPS) is 12.1. The molecule has 0 saturated carbocycles. The van der Waals surface area contributed by atoms with Crippen LogP contribution in [-0.2, 0) is 10.8 Å². The maximum absolute atomic E-state index is 10.9. The Bertz CT molecular complexity index is 379. The number of nitrogens with two attached hydrogens (primary N) is 1. The maximum Gasteiger partial charge on any atom is 0.106 e. The van der Waals surface area contributed by atoms with E-state index in [-0.39, 0.29) is 0 Å². The molecule has 0 heterocycles. The lowest BCUT2D eigenvalue weighted by Gasteiger charge is -2.09. The minimum atomic E-state index is -0.783. The van der Waals surface area contributed by atoms with Crippen LogP contribution >= 0.6 is 12.2 Å². The van der Waals surface area contributed by atoms with Crippen LogP contribution in [0, 0.1) is 0 Å². The van der Waals surface area contributed by atoms with E-state index < -0.39 is 10.8 Å². The van der Waals surface area contributed by atoms with Crippen molar-refractivity contribution in [3.05, 3.63) is 29.8 Å². The van der Waals surface area contributed by atoms with Gasteiger partial charge in [-0.3, -0.25) is 4.21 Å². The SMILES string of the molecule is CS(=O)CCNc1ccccc1C(N)=S. The number of rotatable bonds is 5. The minimum Gasteiger partial charge on any atom is -0.389 e. The molecule has 0 bridgehead atoms. The molecule has 3 nitrogen and oxygen atoms in total. The van der Waals surface area contributed by atoms with E-state index in [4.69, 9.17) is 18.0 Å². The average Bonchev–Trinajstić information content (AvgIpc) is 2.17. The van der Waals surface area contributed by atoms with E-state index in [1.54, 1.807) is 6.26 Å². The summed E-state index contributed by atoms with van der Waals surface area (Å²) in [6.45, 7) is 0.655. The van der Waals surface area contributed by atoms with E-state index in [1.807, 2.05) is 24.3 Å². The summed E-state index contributed by atoms with van der Waals surface area (Å²) >= 11 is 4.93. The fourth-order valence-electron chi connectivity index (χ4n) is 1.18. The van der Waals surface area contributed by atoms with Crippen molar-refractivity contribution in [2.75, 3.05) is 23.9 Å². The third-order valence-corrected chi connectivity index (χ3v) is 2.90. The van der Waals surface area contributed by atoms with Gasteiger partial charge in [-0.1, -0.05) is 24.4 Å². The van der Waals surface area contributed by atoms with E-state index in [9.17, 15) is 4.21 Å². The van der Waals surface area contributed by atoms with E-state index in [0.29, 0.717) is 17.3 Å². The first-order valence-electron chi connectivity index (χ1n) is 4.54. The van der Waals surface area contributed by atoms with Crippen molar-refractivity contribution in [3.63, 3.8) is 0 Å². The highest BCUT2D eigenvalue weighted by Gasteiger charge is 2.03. The van der Waals surface area contributed by atoms with Gasteiger partial charge in [0, 0.05) is 40.6 Å². The molecule has 3 N–H and O–H groups in total. The van der Waals surface area contributed by atoms with Gasteiger partial charge in [-0.25, -0.2) is 0 Å². The molecule has 82 valence electrons. The number of nitrogens with one attached hydrogen (secondary N) is 1. The van der Waals surface area contributed by atoms with E-state index in [1.165, 1.54) is 0 Å². The summed E-state index contributed by atoms with van der Waals surface area (Å²) in [5, 5.41) is 3.17. The minimum absolute atomic E-state index is 0.371. The molecule has 1 unspecified atom stereocenters. The molecule has 1 aromatic carbocycles. The predicted octanol–water partition coefficient (Wildman–Crippen LogP) is 1.11. The Hall–Kier alpha value is -0.940. The lowest BCUT2D eigenvalue weighted by Crippen LogP contribution is -2.15. The number of hydrogen-bond acceptors (Lipinski definition) is 3. The highest BCUT2D eigenvalue weighted by Crippen LogP contribution is 2.14. The topological polar surface area (TPSA) is 55.1 Å². The van der Waals surface area contributed by atoms with Crippen LogP contribution in [-0.4, -0.2) is 27.8 Å². The van der Waals surface area contributed by atoms with Gasteiger partial charge in [-0.05, 0) is 12.1 Å². The molecule has 1 aromatic rings. The van der Waals surface area contributed by atoms with Gasteiger partial charge in [0.15, 0.2) is 0 Å².